The molecule has 92 valence electrons. The zero-order valence-electron chi connectivity index (χ0n) is 9.43. The van der Waals surface area contributed by atoms with Gasteiger partial charge in [-0.1, -0.05) is 0 Å². The maximum absolute atomic E-state index is 11.9. The molecule has 0 radical (unpaired) electrons. The van der Waals surface area contributed by atoms with Crippen molar-refractivity contribution in [1.29, 1.82) is 0 Å². The summed E-state index contributed by atoms with van der Waals surface area (Å²) in [5, 5.41) is 6.98. The molecule has 16 heavy (non-hydrogen) atoms. The van der Waals surface area contributed by atoms with Crippen molar-refractivity contribution in [3.05, 3.63) is 17.5 Å². The molecule has 0 bridgehead atoms. The monoisotopic (exact) mass is 235 g/mol. The Morgan fingerprint density at radius 2 is 2.12 bits per heavy atom. The van der Waals surface area contributed by atoms with Crippen LogP contribution < -0.4 is 5.32 Å². The predicted octanol–water partition coefficient (Wildman–Crippen LogP) is 2.25. The van der Waals surface area contributed by atoms with Crippen molar-refractivity contribution in [2.45, 2.75) is 39.5 Å². The highest BCUT2D eigenvalue weighted by atomic mass is 19.4. The van der Waals surface area contributed by atoms with Crippen LogP contribution in [0.3, 0.4) is 0 Å². The van der Waals surface area contributed by atoms with E-state index < -0.39 is 12.6 Å². The third-order valence-electron chi connectivity index (χ3n) is 2.18. The van der Waals surface area contributed by atoms with E-state index in [0.29, 0.717) is 6.54 Å². The summed E-state index contributed by atoms with van der Waals surface area (Å²) in [6.45, 7) is 4.91. The molecule has 3 nitrogen and oxygen atoms in total. The molecule has 1 N–H and O–H groups in total. The minimum Gasteiger partial charge on any atom is -0.311 e. The molecular weight excluding hydrogens is 219 g/mol. The lowest BCUT2D eigenvalue weighted by atomic mass is 10.3. The molecule has 1 aromatic rings. The summed E-state index contributed by atoms with van der Waals surface area (Å²) in [6, 6.07) is 1.88. The van der Waals surface area contributed by atoms with Gasteiger partial charge < -0.3 is 5.32 Å². The average Bonchev–Trinajstić information content (AvgIpc) is 2.52. The first-order chi connectivity index (χ1) is 7.42. The highest BCUT2D eigenvalue weighted by Crippen LogP contribution is 2.18. The van der Waals surface area contributed by atoms with Crippen LogP contribution in [0.2, 0.25) is 0 Å². The highest BCUT2D eigenvalue weighted by molar-refractivity contribution is 5.08. The van der Waals surface area contributed by atoms with Crippen molar-refractivity contribution in [3.8, 4) is 0 Å². The van der Waals surface area contributed by atoms with E-state index in [9.17, 15) is 13.2 Å². The van der Waals surface area contributed by atoms with Gasteiger partial charge in [0.25, 0.3) is 0 Å². The molecule has 0 saturated heterocycles. The lowest BCUT2D eigenvalue weighted by Gasteiger charge is -2.08. The third-order valence-corrected chi connectivity index (χ3v) is 2.18. The van der Waals surface area contributed by atoms with Crippen molar-refractivity contribution >= 4 is 0 Å². The summed E-state index contributed by atoms with van der Waals surface area (Å²) >= 11 is 0. The fraction of sp³-hybridized carbons (Fsp3) is 0.700. The van der Waals surface area contributed by atoms with Crippen molar-refractivity contribution in [1.82, 2.24) is 15.1 Å². The molecule has 0 unspecified atom stereocenters. The van der Waals surface area contributed by atoms with E-state index in [0.717, 1.165) is 17.9 Å². The molecular formula is C10H16F3N3. The second-order valence-corrected chi connectivity index (χ2v) is 3.63. The topological polar surface area (TPSA) is 29.9 Å². The van der Waals surface area contributed by atoms with Gasteiger partial charge in [-0.3, -0.25) is 4.68 Å². The molecule has 0 fully saturated rings. The van der Waals surface area contributed by atoms with Gasteiger partial charge in [-0.15, -0.1) is 0 Å². The Kier molecular flexibility index (Phi) is 4.35. The van der Waals surface area contributed by atoms with Crippen LogP contribution in [-0.4, -0.2) is 22.5 Å². The van der Waals surface area contributed by atoms with Crippen LogP contribution in [0.15, 0.2) is 6.07 Å². The van der Waals surface area contributed by atoms with Gasteiger partial charge in [0.05, 0.1) is 17.8 Å². The number of halogens is 3. The van der Waals surface area contributed by atoms with Gasteiger partial charge in [-0.25, -0.2) is 0 Å². The maximum Gasteiger partial charge on any atom is 0.390 e. The number of rotatable bonds is 5. The number of aryl methyl sites for hydroxylation is 2. The minimum absolute atomic E-state index is 0.0581. The van der Waals surface area contributed by atoms with Gasteiger partial charge in [0.1, 0.15) is 0 Å². The van der Waals surface area contributed by atoms with Crippen molar-refractivity contribution < 1.29 is 13.2 Å². The Balaban J connectivity index is 2.37. The molecule has 0 aliphatic heterocycles. The van der Waals surface area contributed by atoms with Crippen molar-refractivity contribution in [2.75, 3.05) is 6.54 Å². The van der Waals surface area contributed by atoms with Gasteiger partial charge in [0.15, 0.2) is 0 Å². The normalized spacial score (nSPS) is 12.1. The second kappa shape index (κ2) is 5.34. The van der Waals surface area contributed by atoms with Gasteiger partial charge in [-0.05, 0) is 19.9 Å². The van der Waals surface area contributed by atoms with Crippen LogP contribution in [0, 0.1) is 6.92 Å². The third kappa shape index (κ3) is 4.22. The molecule has 1 heterocycles. The highest BCUT2D eigenvalue weighted by Gasteiger charge is 2.25. The second-order valence-electron chi connectivity index (χ2n) is 3.63. The van der Waals surface area contributed by atoms with E-state index in [-0.39, 0.29) is 6.54 Å². The van der Waals surface area contributed by atoms with Gasteiger partial charge in [0, 0.05) is 19.6 Å². The predicted molar refractivity (Wildman–Crippen MR) is 55.0 cm³/mol. The molecule has 0 saturated carbocycles. The van der Waals surface area contributed by atoms with Crippen LogP contribution in [0.1, 0.15) is 24.7 Å². The Bertz CT molecular complexity index is 331. The minimum atomic E-state index is -4.09. The first kappa shape index (κ1) is 13.0. The molecule has 6 heteroatoms. The fourth-order valence-electron chi connectivity index (χ4n) is 1.46. The van der Waals surface area contributed by atoms with Crippen molar-refractivity contribution in [3.63, 3.8) is 0 Å². The number of alkyl halides is 3. The molecule has 1 aromatic heterocycles. The van der Waals surface area contributed by atoms with Gasteiger partial charge >= 0.3 is 6.18 Å². The summed E-state index contributed by atoms with van der Waals surface area (Å²) < 4.78 is 37.4. The number of hydrogen-bond donors (Lipinski definition) is 1. The summed E-state index contributed by atoms with van der Waals surface area (Å²) in [5.74, 6) is 0. The SMILES string of the molecule is CCn1nc(C)cc1CNCCC(F)(F)F. The van der Waals surface area contributed by atoms with Gasteiger partial charge in [-0.2, -0.15) is 18.3 Å². The summed E-state index contributed by atoms with van der Waals surface area (Å²) in [4.78, 5) is 0. The van der Waals surface area contributed by atoms with Crippen LogP contribution in [0.25, 0.3) is 0 Å². The number of nitrogens with zero attached hydrogens (tertiary/aromatic N) is 2. The Morgan fingerprint density at radius 3 is 2.69 bits per heavy atom. The quantitative estimate of drug-likeness (QED) is 0.793. The Hall–Kier alpha value is -1.04. The van der Waals surface area contributed by atoms with E-state index in [4.69, 9.17) is 0 Å². The largest absolute Gasteiger partial charge is 0.390 e. The molecule has 0 aliphatic carbocycles. The van der Waals surface area contributed by atoms with Crippen molar-refractivity contribution in [2.24, 2.45) is 0 Å². The molecule has 0 amide bonds. The zero-order chi connectivity index (χ0) is 12.2. The summed E-state index contributed by atoms with van der Waals surface area (Å²) in [5.41, 5.74) is 1.80. The van der Waals surface area contributed by atoms with E-state index >= 15 is 0 Å². The number of aromatic nitrogens is 2. The van der Waals surface area contributed by atoms with Gasteiger partial charge in [0.2, 0.25) is 0 Å². The summed E-state index contributed by atoms with van der Waals surface area (Å²) in [7, 11) is 0. The number of nitrogens with one attached hydrogen (secondary N) is 1. The molecule has 1 rings (SSSR count). The van der Waals surface area contributed by atoms with E-state index in [1.54, 1.807) is 4.68 Å². The van der Waals surface area contributed by atoms with E-state index in [1.165, 1.54) is 0 Å². The standard InChI is InChI=1S/C10H16F3N3/c1-3-16-9(6-8(2)15-16)7-14-5-4-10(11,12)13/h6,14H,3-5,7H2,1-2H3. The Labute approximate surface area is 92.6 Å². The summed E-state index contributed by atoms with van der Waals surface area (Å²) in [6.07, 6.45) is -4.89. The molecule has 0 aromatic carbocycles. The molecule has 0 atom stereocenters. The maximum atomic E-state index is 11.9. The van der Waals surface area contributed by atoms with E-state index in [1.807, 2.05) is 19.9 Å². The Morgan fingerprint density at radius 1 is 1.44 bits per heavy atom. The van der Waals surface area contributed by atoms with Crippen LogP contribution >= 0.6 is 0 Å². The first-order valence-electron chi connectivity index (χ1n) is 5.23. The molecule has 0 spiro atoms. The zero-order valence-corrected chi connectivity index (χ0v) is 9.43. The lowest BCUT2D eigenvalue weighted by Crippen LogP contribution is -2.22. The number of hydrogen-bond acceptors (Lipinski definition) is 2. The smallest absolute Gasteiger partial charge is 0.311 e. The van der Waals surface area contributed by atoms with Crippen LogP contribution in [0.4, 0.5) is 13.2 Å². The molecule has 0 aliphatic rings. The first-order valence-corrected chi connectivity index (χ1v) is 5.23. The van der Waals surface area contributed by atoms with Crippen LogP contribution in [-0.2, 0) is 13.1 Å². The fourth-order valence-corrected chi connectivity index (χ4v) is 1.46. The van der Waals surface area contributed by atoms with E-state index in [2.05, 4.69) is 10.4 Å². The lowest BCUT2D eigenvalue weighted by molar-refractivity contribution is -0.133. The van der Waals surface area contributed by atoms with Crippen LogP contribution in [0.5, 0.6) is 0 Å². The average molecular weight is 235 g/mol.